The number of anilines is 1. The molecule has 4 rings (SSSR count). The summed E-state index contributed by atoms with van der Waals surface area (Å²) >= 11 is 6.12. The van der Waals surface area contributed by atoms with E-state index in [4.69, 9.17) is 16.3 Å². The van der Waals surface area contributed by atoms with Crippen LogP contribution in [0.15, 0.2) is 42.7 Å². The second-order valence-corrected chi connectivity index (χ2v) is 6.65. The molecule has 4 aromatic rings. The zero-order chi connectivity index (χ0) is 19.8. The summed E-state index contributed by atoms with van der Waals surface area (Å²) in [6, 6.07) is 9.20. The van der Waals surface area contributed by atoms with Gasteiger partial charge in [0.15, 0.2) is 11.5 Å². The molecule has 0 aliphatic rings. The summed E-state index contributed by atoms with van der Waals surface area (Å²) in [6.07, 6.45) is 3.24. The molecule has 0 atom stereocenters. The number of nitrogens with zero attached hydrogens (tertiary/aromatic N) is 5. The molecule has 0 saturated carbocycles. The number of hydrogen-bond acceptors (Lipinski definition) is 5. The Morgan fingerprint density at radius 2 is 1.96 bits per heavy atom. The molecule has 0 bridgehead atoms. The van der Waals surface area contributed by atoms with E-state index in [2.05, 4.69) is 20.5 Å². The van der Waals surface area contributed by atoms with E-state index in [1.54, 1.807) is 44.3 Å². The molecule has 3 heterocycles. The van der Waals surface area contributed by atoms with Crippen LogP contribution in [-0.4, -0.2) is 37.6 Å². The average molecular weight is 397 g/mol. The van der Waals surface area contributed by atoms with E-state index < -0.39 is 0 Å². The second kappa shape index (κ2) is 6.97. The number of amides is 1. The van der Waals surface area contributed by atoms with Crippen LogP contribution in [0, 0.1) is 0 Å². The number of ether oxygens (including phenoxy) is 1. The van der Waals surface area contributed by atoms with Crippen molar-refractivity contribution in [3.63, 3.8) is 0 Å². The van der Waals surface area contributed by atoms with Crippen molar-refractivity contribution in [3.8, 4) is 17.0 Å². The summed E-state index contributed by atoms with van der Waals surface area (Å²) in [5.41, 5.74) is 2.54. The quantitative estimate of drug-likeness (QED) is 0.572. The van der Waals surface area contributed by atoms with Crippen molar-refractivity contribution < 1.29 is 9.53 Å². The lowest BCUT2D eigenvalue weighted by Gasteiger charge is -2.08. The van der Waals surface area contributed by atoms with Crippen LogP contribution < -0.4 is 10.1 Å². The SMILES string of the molecule is COc1ccc(-c2cc(C(=O)Nc3nn(C)cc3Cl)c3cnn(C)c3n2)cc1. The van der Waals surface area contributed by atoms with Crippen LogP contribution in [0.2, 0.25) is 5.02 Å². The van der Waals surface area contributed by atoms with E-state index in [-0.39, 0.29) is 5.91 Å². The fraction of sp³-hybridized carbons (Fsp3) is 0.158. The Labute approximate surface area is 165 Å². The summed E-state index contributed by atoms with van der Waals surface area (Å²) in [5, 5.41) is 12.2. The first kappa shape index (κ1) is 18.0. The topological polar surface area (TPSA) is 86.9 Å². The van der Waals surface area contributed by atoms with Crippen LogP contribution in [-0.2, 0) is 14.1 Å². The number of hydrogen-bond donors (Lipinski definition) is 1. The standard InChI is InChI=1S/C19H17ClN6O2/c1-25-10-15(20)17(24-25)23-19(27)13-8-16(11-4-6-12(28-3)7-5-11)22-18-14(13)9-21-26(18)2/h4-10H,1-3H3,(H,23,24,27). The Bertz CT molecular complexity index is 1180. The molecular formula is C19H17ClN6O2. The zero-order valence-electron chi connectivity index (χ0n) is 15.5. The van der Waals surface area contributed by atoms with Gasteiger partial charge in [0.2, 0.25) is 0 Å². The summed E-state index contributed by atoms with van der Waals surface area (Å²) in [6.45, 7) is 0. The molecule has 9 heteroatoms. The fourth-order valence-corrected chi connectivity index (χ4v) is 3.16. The lowest BCUT2D eigenvalue weighted by atomic mass is 10.1. The van der Waals surface area contributed by atoms with Crippen LogP contribution in [0.5, 0.6) is 5.75 Å². The highest BCUT2D eigenvalue weighted by molar-refractivity contribution is 6.33. The number of fused-ring (bicyclic) bond motifs is 1. The number of carbonyl (C=O) groups excluding carboxylic acids is 1. The Morgan fingerprint density at radius 3 is 2.61 bits per heavy atom. The third-order valence-electron chi connectivity index (χ3n) is 4.35. The van der Waals surface area contributed by atoms with Crippen molar-refractivity contribution in [2.45, 2.75) is 0 Å². The first-order chi connectivity index (χ1) is 13.5. The van der Waals surface area contributed by atoms with E-state index in [0.29, 0.717) is 33.1 Å². The van der Waals surface area contributed by atoms with Crippen molar-refractivity contribution >= 4 is 34.4 Å². The van der Waals surface area contributed by atoms with E-state index in [0.717, 1.165) is 11.3 Å². The highest BCUT2D eigenvalue weighted by atomic mass is 35.5. The van der Waals surface area contributed by atoms with Crippen LogP contribution in [0.4, 0.5) is 5.82 Å². The summed E-state index contributed by atoms with van der Waals surface area (Å²) in [7, 11) is 5.12. The highest BCUT2D eigenvalue weighted by Crippen LogP contribution is 2.27. The third kappa shape index (κ3) is 3.18. The number of nitrogens with one attached hydrogen (secondary N) is 1. The molecule has 1 amide bonds. The maximum atomic E-state index is 13.0. The first-order valence-corrected chi connectivity index (χ1v) is 8.81. The number of halogens is 1. The fourth-order valence-electron chi connectivity index (χ4n) is 2.93. The normalized spacial score (nSPS) is 11.0. The maximum absolute atomic E-state index is 13.0. The number of pyridine rings is 1. The largest absolute Gasteiger partial charge is 0.497 e. The monoisotopic (exact) mass is 396 g/mol. The molecule has 0 saturated heterocycles. The summed E-state index contributed by atoms with van der Waals surface area (Å²) in [4.78, 5) is 17.6. The average Bonchev–Trinajstić information content (AvgIpc) is 3.22. The molecule has 3 aromatic heterocycles. The molecule has 142 valence electrons. The van der Waals surface area contributed by atoms with Crippen molar-refractivity contribution in [3.05, 3.63) is 53.3 Å². The van der Waals surface area contributed by atoms with Gasteiger partial charge >= 0.3 is 0 Å². The lowest BCUT2D eigenvalue weighted by molar-refractivity contribution is 0.102. The van der Waals surface area contributed by atoms with Gasteiger partial charge in [-0.15, -0.1) is 0 Å². The third-order valence-corrected chi connectivity index (χ3v) is 4.63. The van der Waals surface area contributed by atoms with E-state index in [1.807, 2.05) is 24.3 Å². The number of methoxy groups -OCH3 is 1. The molecule has 0 aliphatic heterocycles. The number of aryl methyl sites for hydroxylation is 2. The Morgan fingerprint density at radius 1 is 1.21 bits per heavy atom. The Balaban J connectivity index is 1.80. The smallest absolute Gasteiger partial charge is 0.257 e. The van der Waals surface area contributed by atoms with Gasteiger partial charge in [0.05, 0.1) is 30.0 Å². The molecule has 1 N–H and O–H groups in total. The van der Waals surface area contributed by atoms with Crippen molar-refractivity contribution in [2.24, 2.45) is 14.1 Å². The zero-order valence-corrected chi connectivity index (χ0v) is 16.2. The van der Waals surface area contributed by atoms with Crippen molar-refractivity contribution in [1.29, 1.82) is 0 Å². The van der Waals surface area contributed by atoms with Crippen molar-refractivity contribution in [1.82, 2.24) is 24.5 Å². The lowest BCUT2D eigenvalue weighted by Crippen LogP contribution is -2.14. The minimum atomic E-state index is -0.337. The van der Waals surface area contributed by atoms with E-state index in [9.17, 15) is 4.79 Å². The second-order valence-electron chi connectivity index (χ2n) is 6.24. The Kier molecular flexibility index (Phi) is 4.48. The minimum Gasteiger partial charge on any atom is -0.497 e. The van der Waals surface area contributed by atoms with Gasteiger partial charge in [-0.1, -0.05) is 11.6 Å². The number of rotatable bonds is 4. The first-order valence-electron chi connectivity index (χ1n) is 8.44. The minimum absolute atomic E-state index is 0.300. The highest BCUT2D eigenvalue weighted by Gasteiger charge is 2.18. The maximum Gasteiger partial charge on any atom is 0.257 e. The predicted molar refractivity (Wildman–Crippen MR) is 107 cm³/mol. The van der Waals surface area contributed by atoms with Gasteiger partial charge < -0.3 is 10.1 Å². The predicted octanol–water partition coefficient (Wildman–Crippen LogP) is 3.28. The molecule has 28 heavy (non-hydrogen) atoms. The van der Waals surface area contributed by atoms with Gasteiger partial charge in [0, 0.05) is 25.9 Å². The Hall–Kier alpha value is -3.39. The number of carbonyl (C=O) groups is 1. The van der Waals surface area contributed by atoms with Crippen LogP contribution >= 0.6 is 11.6 Å². The molecule has 0 unspecified atom stereocenters. The van der Waals surface area contributed by atoms with Gasteiger partial charge in [-0.2, -0.15) is 10.2 Å². The summed E-state index contributed by atoms with van der Waals surface area (Å²) in [5.74, 6) is 0.706. The van der Waals surface area contributed by atoms with Crippen molar-refractivity contribution in [2.75, 3.05) is 12.4 Å². The molecule has 0 spiro atoms. The molecule has 1 aromatic carbocycles. The molecule has 0 radical (unpaired) electrons. The van der Waals surface area contributed by atoms with Gasteiger partial charge in [0.1, 0.15) is 10.8 Å². The van der Waals surface area contributed by atoms with Gasteiger partial charge in [-0.3, -0.25) is 14.2 Å². The van der Waals surface area contributed by atoms with Gasteiger partial charge in [0.25, 0.3) is 5.91 Å². The van der Waals surface area contributed by atoms with E-state index in [1.165, 1.54) is 4.68 Å². The van der Waals surface area contributed by atoms with E-state index >= 15 is 0 Å². The van der Waals surface area contributed by atoms with Crippen LogP contribution in [0.25, 0.3) is 22.3 Å². The van der Waals surface area contributed by atoms with Gasteiger partial charge in [-0.05, 0) is 30.3 Å². The molecule has 0 fully saturated rings. The van der Waals surface area contributed by atoms with Crippen LogP contribution in [0.3, 0.4) is 0 Å². The molecule has 0 aliphatic carbocycles. The molecule has 8 nitrogen and oxygen atoms in total. The number of benzene rings is 1. The molecular weight excluding hydrogens is 380 g/mol. The summed E-state index contributed by atoms with van der Waals surface area (Å²) < 4.78 is 8.37. The number of aromatic nitrogens is 5. The van der Waals surface area contributed by atoms with Gasteiger partial charge in [-0.25, -0.2) is 4.98 Å². The van der Waals surface area contributed by atoms with Crippen LogP contribution in [0.1, 0.15) is 10.4 Å².